The summed E-state index contributed by atoms with van der Waals surface area (Å²) < 4.78 is 1.95. The number of hydrogen-bond donors (Lipinski definition) is 3. The van der Waals surface area contributed by atoms with Gasteiger partial charge in [0, 0.05) is 19.4 Å². The molecule has 0 aliphatic carbocycles. The molecule has 5 rings (SSSR count). The lowest BCUT2D eigenvalue weighted by Gasteiger charge is -2.46. The van der Waals surface area contributed by atoms with Gasteiger partial charge in [-0.15, -0.1) is 5.10 Å². The molecule has 3 fully saturated rings. The van der Waals surface area contributed by atoms with Gasteiger partial charge in [0.2, 0.25) is 5.91 Å². The fraction of sp³-hybridized carbons (Fsp3) is 0.526. The van der Waals surface area contributed by atoms with E-state index >= 15 is 0 Å². The number of amides is 1. The van der Waals surface area contributed by atoms with Gasteiger partial charge in [-0.1, -0.05) is 35.5 Å². The third-order valence-corrected chi connectivity index (χ3v) is 5.95. The van der Waals surface area contributed by atoms with Crippen LogP contribution < -0.4 is 16.0 Å². The molecule has 4 heterocycles. The lowest BCUT2D eigenvalue weighted by molar-refractivity contribution is -0.945. The van der Waals surface area contributed by atoms with Crippen molar-refractivity contribution < 1.29 is 15.4 Å². The molecule has 3 saturated heterocycles. The molecule has 0 radical (unpaired) electrons. The maximum atomic E-state index is 12.7. The molecule has 1 aromatic carbocycles. The third kappa shape index (κ3) is 3.64. The van der Waals surface area contributed by atoms with Crippen molar-refractivity contribution in [1.29, 1.82) is 0 Å². The van der Waals surface area contributed by atoms with Crippen molar-refractivity contribution in [2.75, 3.05) is 13.1 Å². The number of aromatic nitrogens is 3. The first-order chi connectivity index (χ1) is 12.7. The van der Waals surface area contributed by atoms with Crippen LogP contribution in [0.3, 0.4) is 0 Å². The molecule has 1 unspecified atom stereocenters. The van der Waals surface area contributed by atoms with Crippen LogP contribution in [0.25, 0.3) is 0 Å². The number of piperidine rings is 3. The summed E-state index contributed by atoms with van der Waals surface area (Å²) in [6, 6.07) is 10.7. The highest BCUT2D eigenvalue weighted by Gasteiger charge is 2.46. The Labute approximate surface area is 153 Å². The molecule has 138 valence electrons. The molecule has 7 heteroatoms. The molecule has 2 bridgehead atoms. The van der Waals surface area contributed by atoms with Crippen molar-refractivity contribution in [3.63, 3.8) is 0 Å². The Morgan fingerprint density at radius 2 is 2.19 bits per heavy atom. The van der Waals surface area contributed by atoms with Gasteiger partial charge in [0.15, 0.2) is 0 Å². The van der Waals surface area contributed by atoms with Crippen LogP contribution in [0.2, 0.25) is 0 Å². The highest BCUT2D eigenvalue weighted by atomic mass is 16.1. The predicted molar refractivity (Wildman–Crippen MR) is 95.6 cm³/mol. The fourth-order valence-corrected chi connectivity index (χ4v) is 4.50. The second-order valence-electron chi connectivity index (χ2n) is 7.59. The smallest absolute Gasteiger partial charge is 0.229 e. The van der Waals surface area contributed by atoms with E-state index in [2.05, 4.69) is 33.5 Å². The van der Waals surface area contributed by atoms with Gasteiger partial charge in [-0.2, -0.15) is 0 Å². The second-order valence-corrected chi connectivity index (χ2v) is 7.59. The second kappa shape index (κ2) is 7.55. The first kappa shape index (κ1) is 17.2. The Bertz CT molecular complexity index is 745. The number of benzene rings is 1. The molecule has 3 aliphatic rings. The van der Waals surface area contributed by atoms with E-state index in [0.29, 0.717) is 25.0 Å². The summed E-state index contributed by atoms with van der Waals surface area (Å²) in [7, 11) is 0. The third-order valence-electron chi connectivity index (χ3n) is 5.95. The number of hydrogen-bond acceptors (Lipinski definition) is 3. The molecule has 4 atom stereocenters. The lowest BCUT2D eigenvalue weighted by atomic mass is 9.75. The van der Waals surface area contributed by atoms with E-state index in [1.165, 1.54) is 0 Å². The van der Waals surface area contributed by atoms with Gasteiger partial charge in [-0.3, -0.25) is 4.79 Å². The monoisotopic (exact) mass is 356 g/mol. The molecule has 7 nitrogen and oxygen atoms in total. The Morgan fingerprint density at radius 3 is 2.88 bits per heavy atom. The number of carbonyl (C=O) groups is 1. The molecule has 2 aromatic rings. The standard InChI is InChI=1S/C19H26N6O/c20-9-16-11-25(23-22-16)12-17-8-15-6-7-24(17)13-18(15)19(26)21-10-14-4-2-1-3-5-14/h1-5,11,15,17-18H,6-10,12-13,20H2,(H,21,26)/p+2/t15-,17+,18-/m0/s1. The minimum Gasteiger partial charge on any atom is -0.352 e. The number of rotatable bonds is 6. The molecule has 1 amide bonds. The van der Waals surface area contributed by atoms with Crippen LogP contribution in [0.5, 0.6) is 0 Å². The van der Waals surface area contributed by atoms with E-state index in [4.69, 9.17) is 0 Å². The summed E-state index contributed by atoms with van der Waals surface area (Å²) in [4.78, 5) is 14.3. The van der Waals surface area contributed by atoms with Crippen molar-refractivity contribution in [2.45, 2.75) is 38.5 Å². The van der Waals surface area contributed by atoms with Crippen molar-refractivity contribution in [3.05, 3.63) is 47.8 Å². The summed E-state index contributed by atoms with van der Waals surface area (Å²) in [5.74, 6) is 0.851. The Balaban J connectivity index is 1.33. The summed E-state index contributed by atoms with van der Waals surface area (Å²) in [5.41, 5.74) is 5.95. The predicted octanol–water partition coefficient (Wildman–Crippen LogP) is -1.37. The summed E-state index contributed by atoms with van der Waals surface area (Å²) in [6.45, 7) is 4.28. The van der Waals surface area contributed by atoms with Gasteiger partial charge < -0.3 is 16.0 Å². The van der Waals surface area contributed by atoms with Crippen LogP contribution in [-0.2, 0) is 24.4 Å². The molecular formula is C19H28N6O+2. The Kier molecular flexibility index (Phi) is 4.99. The molecule has 26 heavy (non-hydrogen) atoms. The minimum atomic E-state index is 0.143. The lowest BCUT2D eigenvalue weighted by Crippen LogP contribution is -3.20. The largest absolute Gasteiger partial charge is 0.352 e. The van der Waals surface area contributed by atoms with Crippen LogP contribution in [0, 0.1) is 11.8 Å². The molecular weight excluding hydrogens is 328 g/mol. The van der Waals surface area contributed by atoms with Gasteiger partial charge in [0.05, 0.1) is 31.7 Å². The summed E-state index contributed by atoms with van der Waals surface area (Å²) in [6.07, 6.45) is 4.24. The quantitative estimate of drug-likeness (QED) is 0.596. The average molecular weight is 356 g/mol. The highest BCUT2D eigenvalue weighted by Crippen LogP contribution is 2.27. The summed E-state index contributed by atoms with van der Waals surface area (Å²) >= 11 is 0. The molecule has 3 aliphatic heterocycles. The van der Waals surface area contributed by atoms with E-state index < -0.39 is 0 Å². The van der Waals surface area contributed by atoms with Crippen LogP contribution >= 0.6 is 0 Å². The van der Waals surface area contributed by atoms with Gasteiger partial charge >= 0.3 is 0 Å². The van der Waals surface area contributed by atoms with E-state index in [1.54, 1.807) is 4.90 Å². The van der Waals surface area contributed by atoms with Crippen molar-refractivity contribution in [1.82, 2.24) is 20.3 Å². The molecule has 5 N–H and O–H groups in total. The van der Waals surface area contributed by atoms with Crippen LogP contribution in [0.15, 0.2) is 36.5 Å². The van der Waals surface area contributed by atoms with Crippen molar-refractivity contribution in [2.24, 2.45) is 11.8 Å². The maximum absolute atomic E-state index is 12.7. The van der Waals surface area contributed by atoms with Crippen LogP contribution in [0.1, 0.15) is 24.1 Å². The van der Waals surface area contributed by atoms with Gasteiger partial charge in [-0.05, 0) is 11.5 Å². The first-order valence-corrected chi connectivity index (χ1v) is 9.57. The van der Waals surface area contributed by atoms with Gasteiger partial charge in [0.1, 0.15) is 18.3 Å². The van der Waals surface area contributed by atoms with Crippen molar-refractivity contribution >= 4 is 5.91 Å². The SMILES string of the molecule is [NH3+]Cc1cn(C[C@H]2C[C@@H]3CC[NH+]2C[C@@H]3C(=O)NCc2ccccc2)nn1. The number of quaternary nitrogens is 2. The maximum Gasteiger partial charge on any atom is 0.229 e. The normalized spacial score (nSPS) is 27.4. The minimum absolute atomic E-state index is 0.143. The zero-order chi connectivity index (χ0) is 17.9. The Hall–Kier alpha value is -2.25. The van der Waals surface area contributed by atoms with E-state index in [-0.39, 0.29) is 11.8 Å². The van der Waals surface area contributed by atoms with Crippen molar-refractivity contribution in [3.8, 4) is 0 Å². The Morgan fingerprint density at radius 1 is 1.35 bits per heavy atom. The average Bonchev–Trinajstić information content (AvgIpc) is 3.15. The van der Waals surface area contributed by atoms with Gasteiger partial charge in [-0.25, -0.2) is 4.68 Å². The molecule has 0 saturated carbocycles. The zero-order valence-corrected chi connectivity index (χ0v) is 15.1. The van der Waals surface area contributed by atoms with E-state index in [1.807, 2.05) is 29.1 Å². The topological polar surface area (TPSA) is 91.9 Å². The molecule has 1 aromatic heterocycles. The zero-order valence-electron chi connectivity index (χ0n) is 15.1. The van der Waals surface area contributed by atoms with Gasteiger partial charge in [0.25, 0.3) is 0 Å². The van der Waals surface area contributed by atoms with Crippen LogP contribution in [0.4, 0.5) is 0 Å². The van der Waals surface area contributed by atoms with Crippen LogP contribution in [-0.4, -0.2) is 40.0 Å². The number of carbonyl (C=O) groups excluding carboxylic acids is 1. The fourth-order valence-electron chi connectivity index (χ4n) is 4.50. The number of nitrogens with zero attached hydrogens (tertiary/aromatic N) is 3. The number of nitrogens with one attached hydrogen (secondary N) is 2. The first-order valence-electron chi connectivity index (χ1n) is 9.57. The van der Waals surface area contributed by atoms with E-state index in [0.717, 1.165) is 43.7 Å². The molecule has 0 spiro atoms. The summed E-state index contributed by atoms with van der Waals surface area (Å²) in [5, 5.41) is 11.5. The van der Waals surface area contributed by atoms with E-state index in [9.17, 15) is 4.79 Å². The number of fused-ring (bicyclic) bond motifs is 3. The highest BCUT2D eigenvalue weighted by molar-refractivity contribution is 5.79.